The van der Waals surface area contributed by atoms with E-state index >= 15 is 0 Å². The third-order valence-corrected chi connectivity index (χ3v) is 0.707. The smallest absolute Gasteiger partial charge is 0.203 e. The standard InChI is InChI=1S/C5H14N2/c1-6(2)5-7(3)4/h5H2,1-4H3/p+2. The Morgan fingerprint density at radius 2 is 1.14 bits per heavy atom. The molecule has 0 rings (SSSR count). The minimum Gasteiger partial charge on any atom is -0.293 e. The molecule has 0 saturated carbocycles. The molecule has 0 unspecified atom stereocenters. The maximum atomic E-state index is 2.16. The van der Waals surface area contributed by atoms with E-state index in [0.29, 0.717) is 0 Å². The van der Waals surface area contributed by atoms with Gasteiger partial charge in [0.25, 0.3) is 0 Å². The van der Waals surface area contributed by atoms with Crippen LogP contribution >= 0.6 is 0 Å². The molecule has 2 nitrogen and oxygen atoms in total. The molecule has 0 fully saturated rings. The van der Waals surface area contributed by atoms with Gasteiger partial charge in [0, 0.05) is 0 Å². The molecule has 0 aliphatic carbocycles. The summed E-state index contributed by atoms with van der Waals surface area (Å²) in [5.74, 6) is 0. The highest BCUT2D eigenvalue weighted by atomic mass is 15.2. The lowest BCUT2D eigenvalue weighted by Crippen LogP contribution is -3.26. The highest BCUT2D eigenvalue weighted by Crippen LogP contribution is 1.11. The largest absolute Gasteiger partial charge is 0.293 e. The van der Waals surface area contributed by atoms with E-state index in [9.17, 15) is 0 Å². The van der Waals surface area contributed by atoms with Gasteiger partial charge in [-0.25, -0.2) is 0 Å². The number of hydrogen-bond donors (Lipinski definition) is 2. The predicted molar refractivity (Wildman–Crippen MR) is 30.5 cm³/mol. The molecule has 0 aromatic rings. The highest BCUT2D eigenvalue weighted by Gasteiger charge is 1.94. The second-order valence-electron chi connectivity index (χ2n) is 2.59. The summed E-state index contributed by atoms with van der Waals surface area (Å²) in [4.78, 5) is 3.00. The lowest BCUT2D eigenvalue weighted by Gasteiger charge is -2.09. The van der Waals surface area contributed by atoms with Crippen molar-refractivity contribution in [1.82, 2.24) is 0 Å². The Kier molecular flexibility index (Phi) is 2.96. The molecule has 0 amide bonds. The Morgan fingerprint density at radius 1 is 0.857 bits per heavy atom. The van der Waals surface area contributed by atoms with E-state index in [1.54, 1.807) is 0 Å². The zero-order valence-electron chi connectivity index (χ0n) is 5.71. The van der Waals surface area contributed by atoms with E-state index < -0.39 is 0 Å². The summed E-state index contributed by atoms with van der Waals surface area (Å²) in [6.45, 7) is 1.19. The first-order valence-corrected chi connectivity index (χ1v) is 2.71. The van der Waals surface area contributed by atoms with Crippen molar-refractivity contribution < 1.29 is 9.80 Å². The van der Waals surface area contributed by atoms with Crippen molar-refractivity contribution in [3.8, 4) is 0 Å². The summed E-state index contributed by atoms with van der Waals surface area (Å²) in [7, 11) is 8.64. The third-order valence-electron chi connectivity index (χ3n) is 0.707. The lowest BCUT2D eigenvalue weighted by molar-refractivity contribution is -1.05. The fraction of sp³-hybridized carbons (Fsp3) is 1.00. The summed E-state index contributed by atoms with van der Waals surface area (Å²) in [5, 5.41) is 0. The van der Waals surface area contributed by atoms with Crippen LogP contribution in [0.2, 0.25) is 0 Å². The zero-order chi connectivity index (χ0) is 5.86. The van der Waals surface area contributed by atoms with Gasteiger partial charge in [0.05, 0.1) is 28.2 Å². The summed E-state index contributed by atoms with van der Waals surface area (Å²) in [6.07, 6.45) is 0. The molecule has 0 atom stereocenters. The van der Waals surface area contributed by atoms with Crippen molar-refractivity contribution in [2.24, 2.45) is 0 Å². The summed E-state index contributed by atoms with van der Waals surface area (Å²) < 4.78 is 0. The molecule has 0 spiro atoms. The second-order valence-corrected chi connectivity index (χ2v) is 2.59. The molecule has 2 heteroatoms. The maximum absolute atomic E-state index is 2.16. The molecule has 7 heavy (non-hydrogen) atoms. The molecule has 0 radical (unpaired) electrons. The minimum atomic E-state index is 1.19. The van der Waals surface area contributed by atoms with Crippen molar-refractivity contribution in [1.29, 1.82) is 0 Å². The SMILES string of the molecule is C[NH+](C)C[NH+](C)C. The van der Waals surface area contributed by atoms with E-state index in [-0.39, 0.29) is 0 Å². The van der Waals surface area contributed by atoms with Crippen molar-refractivity contribution in [2.75, 3.05) is 34.9 Å². The molecule has 0 aromatic carbocycles. The van der Waals surface area contributed by atoms with E-state index in [1.807, 2.05) is 0 Å². The van der Waals surface area contributed by atoms with Crippen molar-refractivity contribution in [3.05, 3.63) is 0 Å². The predicted octanol–water partition coefficient (Wildman–Crippen LogP) is -2.77. The molecule has 0 aliphatic rings. The molecule has 0 bridgehead atoms. The van der Waals surface area contributed by atoms with Gasteiger partial charge in [-0.05, 0) is 0 Å². The van der Waals surface area contributed by atoms with Crippen LogP contribution in [0.5, 0.6) is 0 Å². The summed E-state index contributed by atoms with van der Waals surface area (Å²) >= 11 is 0. The van der Waals surface area contributed by atoms with Crippen molar-refractivity contribution in [2.45, 2.75) is 0 Å². The number of rotatable bonds is 2. The van der Waals surface area contributed by atoms with Gasteiger partial charge in [0.1, 0.15) is 0 Å². The number of nitrogens with one attached hydrogen (secondary N) is 2. The topological polar surface area (TPSA) is 8.88 Å². The molecular formula is C5H16N2+2. The Labute approximate surface area is 45.7 Å². The molecule has 44 valence electrons. The minimum absolute atomic E-state index is 1.19. The number of quaternary nitrogens is 2. The van der Waals surface area contributed by atoms with Gasteiger partial charge in [-0.3, -0.25) is 9.80 Å². The van der Waals surface area contributed by atoms with E-state index in [2.05, 4.69) is 28.2 Å². The zero-order valence-corrected chi connectivity index (χ0v) is 5.71. The average Bonchev–Trinajstić information content (AvgIpc) is 1.27. The van der Waals surface area contributed by atoms with Gasteiger partial charge in [-0.1, -0.05) is 0 Å². The molecule has 2 N–H and O–H groups in total. The fourth-order valence-corrected chi connectivity index (χ4v) is 0.707. The van der Waals surface area contributed by atoms with Crippen LogP contribution in [0.1, 0.15) is 0 Å². The molecule has 0 saturated heterocycles. The van der Waals surface area contributed by atoms with Crippen LogP contribution in [0.3, 0.4) is 0 Å². The van der Waals surface area contributed by atoms with Gasteiger partial charge in [0.15, 0.2) is 0 Å². The van der Waals surface area contributed by atoms with Crippen LogP contribution in [-0.4, -0.2) is 34.9 Å². The lowest BCUT2D eigenvalue weighted by atomic mass is 10.8. The highest BCUT2D eigenvalue weighted by molar-refractivity contribution is 3.81. The van der Waals surface area contributed by atoms with Gasteiger partial charge in [0.2, 0.25) is 6.67 Å². The van der Waals surface area contributed by atoms with Crippen LogP contribution < -0.4 is 9.80 Å². The summed E-state index contributed by atoms with van der Waals surface area (Å²) in [5.41, 5.74) is 0. The van der Waals surface area contributed by atoms with Gasteiger partial charge in [-0.2, -0.15) is 0 Å². The van der Waals surface area contributed by atoms with Gasteiger partial charge >= 0.3 is 0 Å². The van der Waals surface area contributed by atoms with Crippen LogP contribution in [-0.2, 0) is 0 Å². The average molecular weight is 104 g/mol. The van der Waals surface area contributed by atoms with E-state index in [4.69, 9.17) is 0 Å². The van der Waals surface area contributed by atoms with Crippen LogP contribution in [0.25, 0.3) is 0 Å². The second kappa shape index (κ2) is 2.99. The van der Waals surface area contributed by atoms with Gasteiger partial charge < -0.3 is 0 Å². The Bertz CT molecular complexity index is 35.3. The Morgan fingerprint density at radius 3 is 1.14 bits per heavy atom. The van der Waals surface area contributed by atoms with E-state index in [1.165, 1.54) is 16.5 Å². The first-order chi connectivity index (χ1) is 3.13. The normalized spacial score (nSPS) is 11.1. The van der Waals surface area contributed by atoms with Crippen molar-refractivity contribution in [3.63, 3.8) is 0 Å². The first kappa shape index (κ1) is 6.92. The van der Waals surface area contributed by atoms with Crippen LogP contribution in [0.4, 0.5) is 0 Å². The third kappa shape index (κ3) is 5.92. The first-order valence-electron chi connectivity index (χ1n) is 2.71. The molecule has 0 aromatic heterocycles. The monoisotopic (exact) mass is 104 g/mol. The van der Waals surface area contributed by atoms with Crippen LogP contribution in [0, 0.1) is 0 Å². The maximum Gasteiger partial charge on any atom is 0.203 e. The molecule has 0 heterocycles. The van der Waals surface area contributed by atoms with Crippen LogP contribution in [0.15, 0.2) is 0 Å². The molecule has 0 aliphatic heterocycles. The summed E-state index contributed by atoms with van der Waals surface area (Å²) in [6, 6.07) is 0. The Hall–Kier alpha value is -0.0800. The number of hydrogen-bond acceptors (Lipinski definition) is 0. The molecular weight excluding hydrogens is 88.1 g/mol. The fourth-order valence-electron chi connectivity index (χ4n) is 0.707. The van der Waals surface area contributed by atoms with Gasteiger partial charge in [-0.15, -0.1) is 0 Å². The quantitative estimate of drug-likeness (QED) is 0.351. The van der Waals surface area contributed by atoms with E-state index in [0.717, 1.165) is 0 Å². The Balaban J connectivity index is 2.95. The van der Waals surface area contributed by atoms with Crippen molar-refractivity contribution >= 4 is 0 Å².